The number of rotatable bonds is 9. The van der Waals surface area contributed by atoms with Gasteiger partial charge in [-0.1, -0.05) is 42.0 Å². The number of alkyl halides is 3. The third kappa shape index (κ3) is 7.00. The van der Waals surface area contributed by atoms with E-state index in [2.05, 4.69) is 5.32 Å². The second kappa shape index (κ2) is 11.0. The van der Waals surface area contributed by atoms with Crippen molar-refractivity contribution in [1.29, 1.82) is 0 Å². The van der Waals surface area contributed by atoms with E-state index in [1.807, 2.05) is 32.0 Å². The quantitative estimate of drug-likeness (QED) is 0.399. The molecule has 0 heterocycles. The van der Waals surface area contributed by atoms with Crippen LogP contribution < -0.4 is 14.4 Å². The molecule has 3 rings (SSSR count). The highest BCUT2D eigenvalue weighted by atomic mass is 32.2. The molecule has 0 fully saturated rings. The van der Waals surface area contributed by atoms with E-state index in [0.29, 0.717) is 15.4 Å². The normalized spacial score (nSPS) is 11.7. The lowest BCUT2D eigenvalue weighted by atomic mass is 10.1. The number of sulfonamides is 1. The molecule has 0 aliphatic heterocycles. The molecular formula is C26H27F3N2O4S. The Labute approximate surface area is 208 Å². The number of anilines is 1. The second-order valence-corrected chi connectivity index (χ2v) is 10.3. The van der Waals surface area contributed by atoms with E-state index in [-0.39, 0.29) is 25.6 Å². The van der Waals surface area contributed by atoms with Crippen LogP contribution >= 0.6 is 0 Å². The molecule has 36 heavy (non-hydrogen) atoms. The van der Waals surface area contributed by atoms with Gasteiger partial charge in [-0.05, 0) is 55.3 Å². The summed E-state index contributed by atoms with van der Waals surface area (Å²) in [5, 5.41) is 2.74. The Kier molecular flexibility index (Phi) is 8.29. The van der Waals surface area contributed by atoms with Crippen molar-refractivity contribution in [1.82, 2.24) is 5.32 Å². The molecule has 0 radical (unpaired) electrons. The van der Waals surface area contributed by atoms with Crippen molar-refractivity contribution in [2.45, 2.75) is 26.6 Å². The first kappa shape index (κ1) is 27.1. The van der Waals surface area contributed by atoms with Crippen LogP contribution in [0.4, 0.5) is 18.9 Å². The number of hydrogen-bond donors (Lipinski definition) is 1. The standard InChI is InChI=1S/C26H27F3N2O4S/c1-18-8-13-24(19(2)16-18)35-15-14-30-25(32)21-11-9-20(10-12-21)17-31(36(3,33)34)23-7-5-4-6-22(23)26(27,28)29/h4-13,16H,14-15,17H2,1-3H3,(H,30,32). The van der Waals surface area contributed by atoms with Gasteiger partial charge >= 0.3 is 6.18 Å². The Morgan fingerprint density at radius 3 is 2.28 bits per heavy atom. The third-order valence-corrected chi connectivity index (χ3v) is 6.52. The zero-order valence-corrected chi connectivity index (χ0v) is 20.9. The molecule has 1 N–H and O–H groups in total. The lowest BCUT2D eigenvalue weighted by Crippen LogP contribution is -2.31. The largest absolute Gasteiger partial charge is 0.491 e. The summed E-state index contributed by atoms with van der Waals surface area (Å²) in [5.41, 5.74) is 1.37. The number of amides is 1. The molecule has 3 aromatic carbocycles. The van der Waals surface area contributed by atoms with Gasteiger partial charge in [-0.3, -0.25) is 9.10 Å². The summed E-state index contributed by atoms with van der Waals surface area (Å²) in [6.45, 7) is 4.15. The molecule has 0 aliphatic carbocycles. The summed E-state index contributed by atoms with van der Waals surface area (Å²) in [7, 11) is -4.03. The number of para-hydroxylation sites is 1. The van der Waals surface area contributed by atoms with Gasteiger partial charge in [0.1, 0.15) is 12.4 Å². The Balaban J connectivity index is 1.65. The first-order valence-corrected chi connectivity index (χ1v) is 12.9. The number of nitrogens with zero attached hydrogens (tertiary/aromatic N) is 1. The van der Waals surface area contributed by atoms with Gasteiger partial charge in [0.2, 0.25) is 10.0 Å². The number of aryl methyl sites for hydroxylation is 2. The van der Waals surface area contributed by atoms with E-state index < -0.39 is 27.5 Å². The van der Waals surface area contributed by atoms with E-state index >= 15 is 0 Å². The van der Waals surface area contributed by atoms with Gasteiger partial charge in [0, 0.05) is 5.56 Å². The van der Waals surface area contributed by atoms with Crippen molar-refractivity contribution < 1.29 is 31.1 Å². The van der Waals surface area contributed by atoms with E-state index in [9.17, 15) is 26.4 Å². The lowest BCUT2D eigenvalue weighted by Gasteiger charge is -2.25. The minimum Gasteiger partial charge on any atom is -0.491 e. The molecule has 0 bridgehead atoms. The minimum atomic E-state index is -4.72. The van der Waals surface area contributed by atoms with Crippen LogP contribution in [-0.4, -0.2) is 33.7 Å². The maximum Gasteiger partial charge on any atom is 0.418 e. The Hall–Kier alpha value is -3.53. The van der Waals surface area contributed by atoms with Crippen LogP contribution in [0.15, 0.2) is 66.7 Å². The summed E-state index contributed by atoms with van der Waals surface area (Å²) in [4.78, 5) is 12.4. The molecule has 192 valence electrons. The van der Waals surface area contributed by atoms with Gasteiger partial charge in [-0.2, -0.15) is 13.2 Å². The molecule has 0 aliphatic rings. The fourth-order valence-corrected chi connectivity index (χ4v) is 4.53. The highest BCUT2D eigenvalue weighted by Crippen LogP contribution is 2.37. The zero-order valence-electron chi connectivity index (χ0n) is 20.1. The van der Waals surface area contributed by atoms with Crippen molar-refractivity contribution in [2.24, 2.45) is 0 Å². The fraction of sp³-hybridized carbons (Fsp3) is 0.269. The average molecular weight is 521 g/mol. The number of halogens is 3. The molecule has 10 heteroatoms. The van der Waals surface area contributed by atoms with E-state index in [1.165, 1.54) is 36.4 Å². The number of carbonyl (C=O) groups excluding carboxylic acids is 1. The lowest BCUT2D eigenvalue weighted by molar-refractivity contribution is -0.137. The third-order valence-electron chi connectivity index (χ3n) is 5.40. The number of ether oxygens (including phenoxy) is 1. The molecule has 6 nitrogen and oxygen atoms in total. The summed E-state index contributed by atoms with van der Waals surface area (Å²) < 4.78 is 71.5. The van der Waals surface area contributed by atoms with Crippen molar-refractivity contribution in [3.05, 3.63) is 94.5 Å². The van der Waals surface area contributed by atoms with Crippen molar-refractivity contribution in [3.8, 4) is 5.75 Å². The number of nitrogens with one attached hydrogen (secondary N) is 1. The molecule has 0 aromatic heterocycles. The Bertz CT molecular complexity index is 1320. The summed E-state index contributed by atoms with van der Waals surface area (Å²) in [5.74, 6) is 0.384. The van der Waals surface area contributed by atoms with Crippen molar-refractivity contribution in [3.63, 3.8) is 0 Å². The second-order valence-electron chi connectivity index (χ2n) is 8.35. The summed E-state index contributed by atoms with van der Waals surface area (Å²) in [6.07, 6.45) is -3.87. The van der Waals surface area contributed by atoms with Crippen LogP contribution in [0.1, 0.15) is 32.6 Å². The topological polar surface area (TPSA) is 75.7 Å². The first-order chi connectivity index (χ1) is 16.9. The van der Waals surface area contributed by atoms with Gasteiger partial charge in [0.25, 0.3) is 5.91 Å². The molecule has 0 spiro atoms. The average Bonchev–Trinajstić information content (AvgIpc) is 2.80. The molecule has 3 aromatic rings. The van der Waals surface area contributed by atoms with Crippen molar-refractivity contribution >= 4 is 21.6 Å². The van der Waals surface area contributed by atoms with Crippen LogP contribution in [0.5, 0.6) is 5.75 Å². The fourth-order valence-electron chi connectivity index (χ4n) is 3.63. The molecular weight excluding hydrogens is 493 g/mol. The van der Waals surface area contributed by atoms with E-state index in [4.69, 9.17) is 4.74 Å². The maximum atomic E-state index is 13.5. The van der Waals surface area contributed by atoms with Crippen LogP contribution in [0.25, 0.3) is 0 Å². The molecule has 0 saturated carbocycles. The smallest absolute Gasteiger partial charge is 0.418 e. The van der Waals surface area contributed by atoms with Gasteiger partial charge in [-0.15, -0.1) is 0 Å². The van der Waals surface area contributed by atoms with Crippen LogP contribution in [0, 0.1) is 13.8 Å². The monoisotopic (exact) mass is 520 g/mol. The van der Waals surface area contributed by atoms with Crippen LogP contribution in [-0.2, 0) is 22.7 Å². The van der Waals surface area contributed by atoms with Crippen LogP contribution in [0.3, 0.4) is 0 Å². The van der Waals surface area contributed by atoms with E-state index in [1.54, 1.807) is 0 Å². The predicted octanol–water partition coefficient (Wildman–Crippen LogP) is 5.10. The van der Waals surface area contributed by atoms with Crippen LogP contribution in [0.2, 0.25) is 0 Å². The molecule has 0 saturated heterocycles. The number of hydrogen-bond acceptors (Lipinski definition) is 4. The van der Waals surface area contributed by atoms with E-state index in [0.717, 1.165) is 35.3 Å². The first-order valence-electron chi connectivity index (χ1n) is 11.1. The minimum absolute atomic E-state index is 0.268. The van der Waals surface area contributed by atoms with Gasteiger partial charge in [0.15, 0.2) is 0 Å². The summed E-state index contributed by atoms with van der Waals surface area (Å²) in [6, 6.07) is 16.3. The Morgan fingerprint density at radius 2 is 1.67 bits per heavy atom. The Morgan fingerprint density at radius 1 is 1.00 bits per heavy atom. The molecule has 0 unspecified atom stereocenters. The number of carbonyl (C=O) groups is 1. The number of benzene rings is 3. The molecule has 0 atom stereocenters. The van der Waals surface area contributed by atoms with Gasteiger partial charge < -0.3 is 10.1 Å². The van der Waals surface area contributed by atoms with Gasteiger partial charge in [-0.25, -0.2) is 8.42 Å². The highest BCUT2D eigenvalue weighted by Gasteiger charge is 2.36. The molecule has 1 amide bonds. The van der Waals surface area contributed by atoms with Gasteiger partial charge in [0.05, 0.1) is 30.6 Å². The predicted molar refractivity (Wildman–Crippen MR) is 133 cm³/mol. The highest BCUT2D eigenvalue weighted by molar-refractivity contribution is 7.92. The zero-order chi connectivity index (χ0) is 26.5. The summed E-state index contributed by atoms with van der Waals surface area (Å²) >= 11 is 0. The SMILES string of the molecule is Cc1ccc(OCCNC(=O)c2ccc(CN(c3ccccc3C(F)(F)F)S(C)(=O)=O)cc2)c(C)c1. The maximum absolute atomic E-state index is 13.5. The van der Waals surface area contributed by atoms with Crippen molar-refractivity contribution in [2.75, 3.05) is 23.7 Å².